The normalized spacial score (nSPS) is 21.8. The first-order valence-electron chi connectivity index (χ1n) is 11.2. The Morgan fingerprint density at radius 1 is 0.500 bits per heavy atom. The van der Waals surface area contributed by atoms with E-state index in [0.29, 0.717) is 0 Å². The predicted octanol–water partition coefficient (Wildman–Crippen LogP) is 6.10. The molecule has 0 heterocycles. The lowest BCUT2D eigenvalue weighted by atomic mass is 9.88. The van der Waals surface area contributed by atoms with E-state index in [4.69, 9.17) is 0 Å². The molecule has 0 unspecified atom stereocenters. The van der Waals surface area contributed by atoms with Gasteiger partial charge in [0.15, 0.2) is 0 Å². The van der Waals surface area contributed by atoms with Gasteiger partial charge in [0, 0.05) is 12.1 Å². The Morgan fingerprint density at radius 2 is 0.750 bits per heavy atom. The summed E-state index contributed by atoms with van der Waals surface area (Å²) in [5.41, 5.74) is 0. The summed E-state index contributed by atoms with van der Waals surface area (Å²) in [5.74, 6) is 0. The molecule has 144 valence electrons. The van der Waals surface area contributed by atoms with E-state index in [9.17, 15) is 0 Å². The molecule has 1 rings (SSSR count). The van der Waals surface area contributed by atoms with E-state index in [-0.39, 0.29) is 0 Å². The van der Waals surface area contributed by atoms with Crippen LogP contribution in [-0.2, 0) is 0 Å². The van der Waals surface area contributed by atoms with Gasteiger partial charge in [-0.2, -0.15) is 0 Å². The van der Waals surface area contributed by atoms with E-state index in [1.807, 2.05) is 0 Å². The molecule has 0 N–H and O–H groups in total. The first kappa shape index (κ1) is 22.0. The quantitative estimate of drug-likeness (QED) is 0.377. The van der Waals surface area contributed by atoms with Crippen molar-refractivity contribution in [2.45, 2.75) is 117 Å². The molecule has 0 aromatic carbocycles. The van der Waals surface area contributed by atoms with Gasteiger partial charge in [-0.3, -0.25) is 0 Å². The van der Waals surface area contributed by atoms with Gasteiger partial charge in [0.1, 0.15) is 0 Å². The summed E-state index contributed by atoms with van der Waals surface area (Å²) in [6, 6.07) is 1.75. The summed E-state index contributed by atoms with van der Waals surface area (Å²) in [5, 5.41) is 0. The van der Waals surface area contributed by atoms with Crippen molar-refractivity contribution in [1.29, 1.82) is 0 Å². The molecule has 0 aromatic rings. The Bertz CT molecular complexity index is 227. The third-order valence-corrected chi connectivity index (χ3v) is 5.89. The summed E-state index contributed by atoms with van der Waals surface area (Å²) < 4.78 is 0. The van der Waals surface area contributed by atoms with Gasteiger partial charge >= 0.3 is 0 Å². The second kappa shape index (κ2) is 14.1. The molecule has 0 aromatic heterocycles. The van der Waals surface area contributed by atoms with Gasteiger partial charge in [-0.25, -0.2) is 0 Å². The fourth-order valence-electron chi connectivity index (χ4n) is 4.19. The standard InChI is InChI=1S/C22H46N2/c1-5-9-17-23(18-10-6-2)21-13-15-22(16-14-21)24(19-11-7-3)20-12-8-4/h21-22H,5-20H2,1-4H3. The molecule has 2 heteroatoms. The molecular weight excluding hydrogens is 292 g/mol. The van der Waals surface area contributed by atoms with Crippen LogP contribution in [-0.4, -0.2) is 48.1 Å². The summed E-state index contributed by atoms with van der Waals surface area (Å²) in [6.07, 6.45) is 16.6. The Kier molecular flexibility index (Phi) is 12.9. The van der Waals surface area contributed by atoms with Gasteiger partial charge < -0.3 is 9.80 Å². The van der Waals surface area contributed by atoms with Gasteiger partial charge in [-0.1, -0.05) is 53.4 Å². The highest BCUT2D eigenvalue weighted by Crippen LogP contribution is 2.27. The van der Waals surface area contributed by atoms with Gasteiger partial charge in [-0.05, 0) is 77.5 Å². The van der Waals surface area contributed by atoms with E-state index >= 15 is 0 Å². The van der Waals surface area contributed by atoms with Crippen LogP contribution in [0, 0.1) is 0 Å². The molecule has 0 aliphatic heterocycles. The van der Waals surface area contributed by atoms with E-state index in [2.05, 4.69) is 37.5 Å². The van der Waals surface area contributed by atoms with Crippen LogP contribution in [0.4, 0.5) is 0 Å². The van der Waals surface area contributed by atoms with Gasteiger partial charge in [0.05, 0.1) is 0 Å². The maximum absolute atomic E-state index is 2.84. The molecule has 0 spiro atoms. The van der Waals surface area contributed by atoms with E-state index in [1.165, 1.54) is 103 Å². The highest BCUT2D eigenvalue weighted by molar-refractivity contribution is 4.84. The van der Waals surface area contributed by atoms with Crippen LogP contribution < -0.4 is 0 Å². The Labute approximate surface area is 153 Å². The molecular formula is C22H46N2. The number of unbranched alkanes of at least 4 members (excludes halogenated alkanes) is 4. The molecule has 1 aliphatic rings. The summed E-state index contributed by atoms with van der Waals surface area (Å²) in [7, 11) is 0. The van der Waals surface area contributed by atoms with Crippen LogP contribution in [0.15, 0.2) is 0 Å². The van der Waals surface area contributed by atoms with Crippen molar-refractivity contribution >= 4 is 0 Å². The zero-order chi connectivity index (χ0) is 17.6. The SMILES string of the molecule is CCCCN(CCCC)C1CCC(N(CCCC)CCCC)CC1. The van der Waals surface area contributed by atoms with E-state index in [0.717, 1.165) is 12.1 Å². The highest BCUT2D eigenvalue weighted by atomic mass is 15.2. The average molecular weight is 339 g/mol. The smallest absolute Gasteiger partial charge is 0.00964 e. The Balaban J connectivity index is 2.47. The lowest BCUT2D eigenvalue weighted by Gasteiger charge is -2.41. The molecule has 1 fully saturated rings. The minimum Gasteiger partial charge on any atom is -0.300 e. The van der Waals surface area contributed by atoms with Crippen LogP contribution in [0.1, 0.15) is 105 Å². The van der Waals surface area contributed by atoms with Crippen molar-refractivity contribution in [3.8, 4) is 0 Å². The van der Waals surface area contributed by atoms with Crippen molar-refractivity contribution in [2.75, 3.05) is 26.2 Å². The molecule has 0 amide bonds. The summed E-state index contributed by atoms with van der Waals surface area (Å²) in [4.78, 5) is 5.68. The van der Waals surface area contributed by atoms with Crippen molar-refractivity contribution in [1.82, 2.24) is 9.80 Å². The first-order valence-corrected chi connectivity index (χ1v) is 11.2. The molecule has 24 heavy (non-hydrogen) atoms. The number of nitrogens with zero attached hydrogens (tertiary/aromatic N) is 2. The molecule has 0 radical (unpaired) electrons. The van der Waals surface area contributed by atoms with Crippen LogP contribution in [0.25, 0.3) is 0 Å². The average Bonchev–Trinajstić information content (AvgIpc) is 2.62. The topological polar surface area (TPSA) is 6.48 Å². The van der Waals surface area contributed by atoms with Crippen molar-refractivity contribution < 1.29 is 0 Å². The minimum absolute atomic E-state index is 0.874. The van der Waals surface area contributed by atoms with Gasteiger partial charge in [-0.15, -0.1) is 0 Å². The highest BCUT2D eigenvalue weighted by Gasteiger charge is 2.28. The molecule has 0 saturated heterocycles. The predicted molar refractivity (Wildman–Crippen MR) is 109 cm³/mol. The van der Waals surface area contributed by atoms with Crippen LogP contribution in [0.3, 0.4) is 0 Å². The van der Waals surface area contributed by atoms with Crippen molar-refractivity contribution in [3.63, 3.8) is 0 Å². The number of rotatable bonds is 14. The molecule has 2 nitrogen and oxygen atoms in total. The summed E-state index contributed by atoms with van der Waals surface area (Å²) in [6.45, 7) is 14.6. The van der Waals surface area contributed by atoms with Crippen LogP contribution >= 0.6 is 0 Å². The monoisotopic (exact) mass is 338 g/mol. The third kappa shape index (κ3) is 8.34. The zero-order valence-electron chi connectivity index (χ0n) is 17.4. The van der Waals surface area contributed by atoms with Crippen molar-refractivity contribution in [3.05, 3.63) is 0 Å². The third-order valence-electron chi connectivity index (χ3n) is 5.89. The molecule has 0 atom stereocenters. The fourth-order valence-corrected chi connectivity index (χ4v) is 4.19. The van der Waals surface area contributed by atoms with Crippen LogP contribution in [0.5, 0.6) is 0 Å². The van der Waals surface area contributed by atoms with E-state index in [1.54, 1.807) is 0 Å². The first-order chi connectivity index (χ1) is 11.8. The minimum atomic E-state index is 0.874. The molecule has 1 saturated carbocycles. The number of hydrogen-bond acceptors (Lipinski definition) is 2. The number of hydrogen-bond donors (Lipinski definition) is 0. The second-order valence-corrected chi connectivity index (χ2v) is 7.95. The largest absolute Gasteiger partial charge is 0.300 e. The second-order valence-electron chi connectivity index (χ2n) is 7.95. The van der Waals surface area contributed by atoms with E-state index < -0.39 is 0 Å². The Hall–Kier alpha value is -0.0800. The Morgan fingerprint density at radius 3 is 0.958 bits per heavy atom. The van der Waals surface area contributed by atoms with Gasteiger partial charge in [0.2, 0.25) is 0 Å². The van der Waals surface area contributed by atoms with Crippen LogP contribution in [0.2, 0.25) is 0 Å². The molecule has 1 aliphatic carbocycles. The van der Waals surface area contributed by atoms with Crippen molar-refractivity contribution in [2.24, 2.45) is 0 Å². The maximum atomic E-state index is 2.84. The lowest BCUT2D eigenvalue weighted by Crippen LogP contribution is -2.45. The summed E-state index contributed by atoms with van der Waals surface area (Å²) >= 11 is 0. The van der Waals surface area contributed by atoms with Gasteiger partial charge in [0.25, 0.3) is 0 Å². The molecule has 0 bridgehead atoms. The maximum Gasteiger partial charge on any atom is 0.00964 e. The lowest BCUT2D eigenvalue weighted by molar-refractivity contribution is 0.0908. The fraction of sp³-hybridized carbons (Fsp3) is 1.00. The zero-order valence-corrected chi connectivity index (χ0v) is 17.4.